The molecule has 0 fully saturated rings. The lowest BCUT2D eigenvalue weighted by molar-refractivity contribution is -0.115. The summed E-state index contributed by atoms with van der Waals surface area (Å²) in [7, 11) is 3.10. The van der Waals surface area contributed by atoms with Crippen molar-refractivity contribution in [3.8, 4) is 11.5 Å². The number of nitrogens with one attached hydrogen (secondary N) is 3. The van der Waals surface area contributed by atoms with E-state index in [4.69, 9.17) is 21.7 Å². The monoisotopic (exact) mass is 413 g/mol. The van der Waals surface area contributed by atoms with Crippen molar-refractivity contribution < 1.29 is 19.1 Å². The second-order valence-corrected chi connectivity index (χ2v) is 6.24. The van der Waals surface area contributed by atoms with Gasteiger partial charge in [-0.1, -0.05) is 12.1 Å². The normalized spacial score (nSPS) is 10.3. The molecule has 3 N–H and O–H groups in total. The third-order valence-corrected chi connectivity index (χ3v) is 4.00. The molecule has 0 atom stereocenters. The van der Waals surface area contributed by atoms with E-state index in [-0.39, 0.29) is 11.0 Å². The summed E-state index contributed by atoms with van der Waals surface area (Å²) in [6, 6.07) is 12.1. The topological polar surface area (TPSA) is 88.7 Å². The van der Waals surface area contributed by atoms with Crippen LogP contribution in [0.5, 0.6) is 11.5 Å². The van der Waals surface area contributed by atoms with Crippen molar-refractivity contribution in [1.29, 1.82) is 0 Å². The molecule has 2 aromatic carbocycles. The van der Waals surface area contributed by atoms with E-state index in [1.165, 1.54) is 6.08 Å². The first-order valence-electron chi connectivity index (χ1n) is 8.87. The van der Waals surface area contributed by atoms with E-state index in [1.54, 1.807) is 62.8 Å². The average Bonchev–Trinajstić information content (AvgIpc) is 2.72. The largest absolute Gasteiger partial charge is 0.493 e. The number of ether oxygens (including phenoxy) is 2. The van der Waals surface area contributed by atoms with Crippen molar-refractivity contribution in [1.82, 2.24) is 10.6 Å². The Labute approximate surface area is 175 Å². The fraction of sp³-hybridized carbons (Fsp3) is 0.190. The van der Waals surface area contributed by atoms with Gasteiger partial charge < -0.3 is 20.1 Å². The Kier molecular flexibility index (Phi) is 8.17. The maximum Gasteiger partial charge on any atom is 0.251 e. The second-order valence-electron chi connectivity index (χ2n) is 5.83. The van der Waals surface area contributed by atoms with E-state index in [2.05, 4.69) is 16.0 Å². The molecule has 0 spiro atoms. The molecule has 0 unspecified atom stereocenters. The number of carbonyl (C=O) groups excluding carboxylic acids is 2. The van der Waals surface area contributed by atoms with Crippen LogP contribution in [0.15, 0.2) is 48.5 Å². The number of hydrogen-bond acceptors (Lipinski definition) is 5. The molecule has 0 bridgehead atoms. The molecule has 2 rings (SSSR count). The fourth-order valence-corrected chi connectivity index (χ4v) is 2.66. The van der Waals surface area contributed by atoms with Crippen LogP contribution in [-0.2, 0) is 4.79 Å². The molecule has 0 saturated carbocycles. The van der Waals surface area contributed by atoms with Crippen LogP contribution in [0.1, 0.15) is 22.8 Å². The van der Waals surface area contributed by atoms with Gasteiger partial charge in [0.05, 0.1) is 14.2 Å². The highest BCUT2D eigenvalue weighted by Crippen LogP contribution is 2.27. The molecule has 2 amide bonds. The molecule has 0 aromatic heterocycles. The number of methoxy groups -OCH3 is 2. The van der Waals surface area contributed by atoms with Crippen molar-refractivity contribution in [3.63, 3.8) is 0 Å². The third kappa shape index (κ3) is 6.62. The summed E-state index contributed by atoms with van der Waals surface area (Å²) < 4.78 is 10.4. The van der Waals surface area contributed by atoms with Crippen LogP contribution >= 0.6 is 12.2 Å². The molecule has 2 aromatic rings. The highest BCUT2D eigenvalue weighted by Gasteiger charge is 2.07. The van der Waals surface area contributed by atoms with Crippen molar-refractivity contribution in [3.05, 3.63) is 59.7 Å². The lowest BCUT2D eigenvalue weighted by Gasteiger charge is -2.10. The number of anilines is 1. The van der Waals surface area contributed by atoms with Crippen LogP contribution in [-0.4, -0.2) is 37.7 Å². The Morgan fingerprint density at radius 3 is 2.52 bits per heavy atom. The standard InChI is InChI=1S/C21H23N3O4S/c1-4-22-20(26)15-6-5-7-16(13-15)23-21(29)24-19(25)11-9-14-8-10-17(27-2)18(12-14)28-3/h5-13H,4H2,1-3H3,(H,22,26)(H2,23,24,25,29)/b11-9+. The van der Waals surface area contributed by atoms with E-state index >= 15 is 0 Å². The molecule has 152 valence electrons. The number of hydrogen-bond donors (Lipinski definition) is 3. The minimum absolute atomic E-state index is 0.125. The average molecular weight is 413 g/mol. The zero-order chi connectivity index (χ0) is 21.2. The maximum absolute atomic E-state index is 12.1. The molecule has 0 aliphatic carbocycles. The minimum Gasteiger partial charge on any atom is -0.493 e. The van der Waals surface area contributed by atoms with E-state index in [0.29, 0.717) is 29.3 Å². The van der Waals surface area contributed by atoms with Crippen molar-refractivity contribution in [2.75, 3.05) is 26.1 Å². The van der Waals surface area contributed by atoms with E-state index in [1.807, 2.05) is 6.92 Å². The third-order valence-electron chi connectivity index (χ3n) is 3.79. The molecule has 29 heavy (non-hydrogen) atoms. The van der Waals surface area contributed by atoms with Crippen molar-refractivity contribution in [2.24, 2.45) is 0 Å². The number of benzene rings is 2. The van der Waals surface area contributed by atoms with Gasteiger partial charge in [-0.2, -0.15) is 0 Å². The molecular weight excluding hydrogens is 390 g/mol. The predicted molar refractivity (Wildman–Crippen MR) is 117 cm³/mol. The summed E-state index contributed by atoms with van der Waals surface area (Å²) in [5, 5.41) is 8.30. The molecule has 0 aliphatic rings. The van der Waals surface area contributed by atoms with Crippen LogP contribution in [0.3, 0.4) is 0 Å². The van der Waals surface area contributed by atoms with E-state index < -0.39 is 5.91 Å². The van der Waals surface area contributed by atoms with Crippen LogP contribution in [0, 0.1) is 0 Å². The highest BCUT2D eigenvalue weighted by atomic mass is 32.1. The first-order valence-corrected chi connectivity index (χ1v) is 9.28. The van der Waals surface area contributed by atoms with Crippen molar-refractivity contribution >= 4 is 40.9 Å². The summed E-state index contributed by atoms with van der Waals surface area (Å²) in [5.74, 6) is 0.606. The van der Waals surface area contributed by atoms with Gasteiger partial charge in [0.15, 0.2) is 16.6 Å². The van der Waals surface area contributed by atoms with E-state index in [0.717, 1.165) is 5.56 Å². The molecular formula is C21H23N3O4S. The first-order chi connectivity index (χ1) is 14.0. The number of carbonyl (C=O) groups is 2. The van der Waals surface area contributed by atoms with Crippen LogP contribution < -0.4 is 25.4 Å². The zero-order valence-electron chi connectivity index (χ0n) is 16.4. The number of thiocarbonyl (C=S) groups is 1. The first kappa shape index (κ1) is 21.9. The predicted octanol–water partition coefficient (Wildman–Crippen LogP) is 2.98. The van der Waals surface area contributed by atoms with Gasteiger partial charge >= 0.3 is 0 Å². The minimum atomic E-state index is -0.392. The lowest BCUT2D eigenvalue weighted by Crippen LogP contribution is -2.33. The Balaban J connectivity index is 1.96. The number of rotatable bonds is 7. The van der Waals surface area contributed by atoms with Gasteiger partial charge in [-0.25, -0.2) is 0 Å². The molecule has 0 aliphatic heterocycles. The van der Waals surface area contributed by atoms with Crippen LogP contribution in [0.4, 0.5) is 5.69 Å². The van der Waals surface area contributed by atoms with Gasteiger partial charge in [-0.05, 0) is 61.1 Å². The second kappa shape index (κ2) is 10.8. The van der Waals surface area contributed by atoms with Crippen LogP contribution in [0.2, 0.25) is 0 Å². The molecule has 8 heteroatoms. The summed E-state index contributed by atoms with van der Waals surface area (Å²) in [6.07, 6.45) is 3.00. The highest BCUT2D eigenvalue weighted by molar-refractivity contribution is 7.80. The summed E-state index contributed by atoms with van der Waals surface area (Å²) >= 11 is 5.16. The van der Waals surface area contributed by atoms with E-state index in [9.17, 15) is 9.59 Å². The van der Waals surface area contributed by atoms with Gasteiger partial charge in [0.1, 0.15) is 0 Å². The van der Waals surface area contributed by atoms with Gasteiger partial charge in [0.25, 0.3) is 5.91 Å². The van der Waals surface area contributed by atoms with Crippen molar-refractivity contribution in [2.45, 2.75) is 6.92 Å². The van der Waals surface area contributed by atoms with Gasteiger partial charge in [-0.15, -0.1) is 0 Å². The van der Waals surface area contributed by atoms with Gasteiger partial charge in [0, 0.05) is 23.9 Å². The fourth-order valence-electron chi connectivity index (χ4n) is 2.45. The van der Waals surface area contributed by atoms with Crippen LogP contribution in [0.25, 0.3) is 6.08 Å². The Morgan fingerprint density at radius 2 is 1.83 bits per heavy atom. The zero-order valence-corrected chi connectivity index (χ0v) is 17.3. The maximum atomic E-state index is 12.1. The lowest BCUT2D eigenvalue weighted by atomic mass is 10.2. The Morgan fingerprint density at radius 1 is 1.07 bits per heavy atom. The molecule has 7 nitrogen and oxygen atoms in total. The smallest absolute Gasteiger partial charge is 0.251 e. The molecule has 0 heterocycles. The van der Waals surface area contributed by atoms with Gasteiger partial charge in [0.2, 0.25) is 5.91 Å². The molecule has 0 radical (unpaired) electrons. The van der Waals surface area contributed by atoms with Gasteiger partial charge in [-0.3, -0.25) is 14.9 Å². The Bertz CT molecular complexity index is 928. The summed E-state index contributed by atoms with van der Waals surface area (Å²) in [4.78, 5) is 24.0. The number of amides is 2. The molecule has 0 saturated heterocycles. The SMILES string of the molecule is CCNC(=O)c1cccc(NC(=S)NC(=O)/C=C/c2ccc(OC)c(OC)c2)c1. The summed E-state index contributed by atoms with van der Waals surface area (Å²) in [5.41, 5.74) is 1.87. The Hall–Kier alpha value is -3.39. The quantitative estimate of drug-likeness (QED) is 0.478. The summed E-state index contributed by atoms with van der Waals surface area (Å²) in [6.45, 7) is 2.39.